The van der Waals surface area contributed by atoms with Crippen LogP contribution in [0, 0.1) is 34.6 Å². The van der Waals surface area contributed by atoms with Crippen molar-refractivity contribution in [1.82, 2.24) is 4.98 Å². The smallest absolute Gasteiger partial charge is 0.162 e. The predicted octanol–water partition coefficient (Wildman–Crippen LogP) is 13.5. The van der Waals surface area contributed by atoms with E-state index in [0.717, 1.165) is 91.1 Å². The fourth-order valence-electron chi connectivity index (χ4n) is 7.83. The van der Waals surface area contributed by atoms with Gasteiger partial charge in [0.2, 0.25) is 0 Å². The minimum Gasteiger partial charge on any atom is -0.512 e. The quantitative estimate of drug-likeness (QED) is 0.0924. The molecule has 1 heterocycles. The number of aliphatic hydroxyl groups excluding tert-OH is 1. The molecule has 0 spiro atoms. The van der Waals surface area contributed by atoms with Crippen molar-refractivity contribution in [2.24, 2.45) is 17.3 Å². The fourth-order valence-corrected chi connectivity index (χ4v) is 7.83. The third kappa shape index (κ3) is 11.0. The van der Waals surface area contributed by atoms with Gasteiger partial charge in [-0.2, -0.15) is 5.26 Å². The van der Waals surface area contributed by atoms with E-state index in [0.29, 0.717) is 0 Å². The first-order chi connectivity index (χ1) is 25.1. The van der Waals surface area contributed by atoms with Crippen LogP contribution in [0.4, 0.5) is 0 Å². The van der Waals surface area contributed by atoms with E-state index in [9.17, 15) is 15.2 Å². The Morgan fingerprint density at radius 2 is 1.50 bits per heavy atom. The summed E-state index contributed by atoms with van der Waals surface area (Å²) in [6.45, 7) is 21.7. The summed E-state index contributed by atoms with van der Waals surface area (Å²) >= 11 is 0. The number of aliphatic hydroxyl groups is 1. The first kappa shape index (κ1) is 44.8. The Balaban J connectivity index is 0.000000418. The second-order valence-electron chi connectivity index (χ2n) is 17.3. The van der Waals surface area contributed by atoms with Crippen LogP contribution in [-0.2, 0) is 42.2 Å². The number of hydrogen-bond donors (Lipinski definition) is 1. The SMILES string of the molecule is CC(C)(C)Cc1ccc(-c2cc(-c3[c-]c4ccccc4c(C(C)(C)C)c3)ncc2C2(C#N)CCCC2)cc1.CCC(CC)C(=O)/C=C(\O)C(CC)CC.[Ir]. The average molecular weight is 904 g/mol. The Morgan fingerprint density at radius 3 is 2.04 bits per heavy atom. The molecule has 291 valence electrons. The van der Waals surface area contributed by atoms with Gasteiger partial charge in [0, 0.05) is 49.9 Å². The van der Waals surface area contributed by atoms with Crippen molar-refractivity contribution in [3.05, 3.63) is 101 Å². The van der Waals surface area contributed by atoms with Gasteiger partial charge in [-0.1, -0.05) is 142 Å². The Kier molecular flexibility index (Phi) is 16.0. The van der Waals surface area contributed by atoms with Gasteiger partial charge in [0.25, 0.3) is 0 Å². The van der Waals surface area contributed by atoms with Crippen LogP contribution < -0.4 is 0 Å². The number of fused-ring (bicyclic) bond motifs is 1. The van der Waals surface area contributed by atoms with Gasteiger partial charge in [0.15, 0.2) is 5.78 Å². The second-order valence-corrected chi connectivity index (χ2v) is 17.3. The topological polar surface area (TPSA) is 74.0 Å². The van der Waals surface area contributed by atoms with Gasteiger partial charge < -0.3 is 5.11 Å². The molecule has 1 aliphatic carbocycles. The van der Waals surface area contributed by atoms with Crippen molar-refractivity contribution < 1.29 is 30.0 Å². The first-order valence-electron chi connectivity index (χ1n) is 20.0. The summed E-state index contributed by atoms with van der Waals surface area (Å²) in [4.78, 5) is 16.7. The Labute approximate surface area is 340 Å². The number of ketones is 1. The molecule has 0 unspecified atom stereocenters. The summed E-state index contributed by atoms with van der Waals surface area (Å²) in [6, 6.07) is 28.3. The van der Waals surface area contributed by atoms with Crippen LogP contribution in [0.3, 0.4) is 0 Å². The zero-order valence-corrected chi connectivity index (χ0v) is 36.9. The molecule has 54 heavy (non-hydrogen) atoms. The van der Waals surface area contributed by atoms with E-state index < -0.39 is 5.41 Å². The number of rotatable bonds is 11. The van der Waals surface area contributed by atoms with Crippen molar-refractivity contribution in [3.63, 3.8) is 0 Å². The van der Waals surface area contributed by atoms with Crippen molar-refractivity contribution in [2.75, 3.05) is 0 Å². The largest absolute Gasteiger partial charge is 0.512 e. The fraction of sp³-hybridized carbons (Fsp3) is 0.490. The molecular formula is C49H63IrN2O2-. The van der Waals surface area contributed by atoms with E-state index >= 15 is 0 Å². The van der Waals surface area contributed by atoms with E-state index in [1.807, 2.05) is 33.9 Å². The minimum absolute atomic E-state index is 0. The second kappa shape index (κ2) is 19.3. The number of hydrogen-bond acceptors (Lipinski definition) is 4. The molecule has 1 N–H and O–H groups in total. The van der Waals surface area contributed by atoms with E-state index in [1.165, 1.54) is 22.6 Å². The third-order valence-electron chi connectivity index (χ3n) is 11.0. The summed E-state index contributed by atoms with van der Waals surface area (Å²) in [5.41, 5.74) is 7.66. The number of nitrogens with zero attached hydrogens (tertiary/aromatic N) is 2. The Hall–Kier alpha value is -3.58. The van der Waals surface area contributed by atoms with Gasteiger partial charge in [-0.15, -0.1) is 29.1 Å². The Morgan fingerprint density at radius 1 is 0.907 bits per heavy atom. The summed E-state index contributed by atoms with van der Waals surface area (Å²) < 4.78 is 0. The first-order valence-corrected chi connectivity index (χ1v) is 20.0. The molecule has 0 bridgehead atoms. The molecule has 1 aliphatic rings. The van der Waals surface area contributed by atoms with Crippen LogP contribution >= 0.6 is 0 Å². The molecular weight excluding hydrogens is 841 g/mol. The van der Waals surface area contributed by atoms with Crippen molar-refractivity contribution in [3.8, 4) is 28.5 Å². The molecule has 4 aromatic rings. The van der Waals surface area contributed by atoms with E-state index in [1.54, 1.807) is 0 Å². The number of benzene rings is 3. The standard InChI is InChI=1S/C36H39N2.C13H24O2.Ir/c1-34(2,3)22-25-13-15-26(16-14-25)30-21-33(38-23-32(30)36(24-37)17-9-10-18-36)28-19-27-11-7-8-12-29(27)31(20-28)35(4,5)6;1-5-10(6-2)12(14)9-13(15)11(7-3)8-4;/h7-8,11-16,20-21,23H,9-10,17-18,22H2,1-6H3;9-11,14H,5-8H2,1-4H3;/q-1;;/b;12-9-;. The maximum Gasteiger partial charge on any atom is 0.162 e. The van der Waals surface area contributed by atoms with Gasteiger partial charge in [-0.25, -0.2) is 0 Å². The molecule has 5 rings (SSSR count). The maximum atomic E-state index is 11.7. The number of carbonyl (C=O) groups is 1. The summed E-state index contributed by atoms with van der Waals surface area (Å²) in [5.74, 6) is 0.547. The number of allylic oxidation sites excluding steroid dienone is 2. The molecule has 0 amide bonds. The Bertz CT molecular complexity index is 1910. The average Bonchev–Trinajstić information content (AvgIpc) is 3.62. The van der Waals surface area contributed by atoms with Gasteiger partial charge in [0.1, 0.15) is 0 Å². The van der Waals surface area contributed by atoms with E-state index in [2.05, 4.69) is 114 Å². The normalized spacial score (nSPS) is 14.4. The predicted molar refractivity (Wildman–Crippen MR) is 223 cm³/mol. The molecule has 0 aliphatic heterocycles. The van der Waals surface area contributed by atoms with Crippen molar-refractivity contribution in [2.45, 2.75) is 138 Å². The molecule has 1 radical (unpaired) electrons. The molecule has 0 atom stereocenters. The van der Waals surface area contributed by atoms with Gasteiger partial charge in [-0.3, -0.25) is 9.78 Å². The van der Waals surface area contributed by atoms with Crippen LogP contribution in [0.1, 0.15) is 137 Å². The molecule has 1 aromatic heterocycles. The zero-order valence-electron chi connectivity index (χ0n) is 34.5. The summed E-state index contributed by atoms with van der Waals surface area (Å²) in [6.07, 6.45) is 11.9. The van der Waals surface area contributed by atoms with Gasteiger partial charge in [0.05, 0.1) is 17.2 Å². The van der Waals surface area contributed by atoms with Gasteiger partial charge >= 0.3 is 0 Å². The summed E-state index contributed by atoms with van der Waals surface area (Å²) in [5, 5.41) is 22.5. The van der Waals surface area contributed by atoms with Crippen LogP contribution in [0.25, 0.3) is 33.2 Å². The third-order valence-corrected chi connectivity index (χ3v) is 11.0. The number of pyridine rings is 1. The maximum absolute atomic E-state index is 11.7. The van der Waals surface area contributed by atoms with Crippen molar-refractivity contribution >= 4 is 16.6 Å². The molecule has 1 fully saturated rings. The molecule has 3 aromatic carbocycles. The van der Waals surface area contributed by atoms with Crippen LogP contribution in [-0.4, -0.2) is 15.9 Å². The molecule has 0 saturated heterocycles. The minimum atomic E-state index is -0.464. The number of nitriles is 1. The summed E-state index contributed by atoms with van der Waals surface area (Å²) in [7, 11) is 0. The van der Waals surface area contributed by atoms with Crippen LogP contribution in [0.2, 0.25) is 0 Å². The van der Waals surface area contributed by atoms with Gasteiger partial charge in [-0.05, 0) is 78.0 Å². The number of aromatic nitrogens is 1. The van der Waals surface area contributed by atoms with E-state index in [-0.39, 0.29) is 54.3 Å². The van der Waals surface area contributed by atoms with Crippen molar-refractivity contribution in [1.29, 1.82) is 5.26 Å². The zero-order chi connectivity index (χ0) is 39.0. The van der Waals surface area contributed by atoms with Crippen LogP contribution in [0.5, 0.6) is 0 Å². The number of carbonyl (C=O) groups excluding carboxylic acids is 1. The molecule has 4 nitrogen and oxygen atoms in total. The monoisotopic (exact) mass is 904 g/mol. The molecule has 5 heteroatoms. The van der Waals surface area contributed by atoms with E-state index in [4.69, 9.17) is 4.98 Å². The molecule has 1 saturated carbocycles. The van der Waals surface area contributed by atoms with Crippen LogP contribution in [0.15, 0.2) is 78.7 Å².